The first kappa shape index (κ1) is 19.6. The summed E-state index contributed by atoms with van der Waals surface area (Å²) in [6.07, 6.45) is 5.08. The lowest BCUT2D eigenvalue weighted by Gasteiger charge is -2.10. The van der Waals surface area contributed by atoms with Gasteiger partial charge in [-0.2, -0.15) is 10.1 Å². The third-order valence-corrected chi connectivity index (χ3v) is 4.34. The number of aryl methyl sites for hydroxylation is 2. The molecule has 0 amide bonds. The average molecular weight is 397 g/mol. The van der Waals surface area contributed by atoms with Gasteiger partial charge in [0, 0.05) is 26.2 Å². The Balaban J connectivity index is 1.70. The normalized spacial score (nSPS) is 10.5. The van der Waals surface area contributed by atoms with Crippen molar-refractivity contribution in [2.24, 2.45) is 7.05 Å². The Hall–Kier alpha value is -3.19. The van der Waals surface area contributed by atoms with Crippen LogP contribution in [0.2, 0.25) is 5.02 Å². The molecule has 0 saturated carbocycles. The number of carbonyl (C=O) groups is 1. The van der Waals surface area contributed by atoms with Crippen LogP contribution in [-0.4, -0.2) is 25.5 Å². The van der Waals surface area contributed by atoms with Gasteiger partial charge in [-0.15, -0.1) is 0 Å². The van der Waals surface area contributed by atoms with Crippen molar-refractivity contribution >= 4 is 34.8 Å². The number of anilines is 3. The lowest BCUT2D eigenvalue weighted by molar-refractivity contribution is -0.114. The molecule has 0 saturated heterocycles. The fraction of sp³-hybridized carbons (Fsp3) is 0.200. The molecule has 0 aliphatic rings. The van der Waals surface area contributed by atoms with Crippen molar-refractivity contribution in [2.75, 3.05) is 10.6 Å². The van der Waals surface area contributed by atoms with Gasteiger partial charge < -0.3 is 10.6 Å². The zero-order valence-electron chi connectivity index (χ0n) is 15.7. The summed E-state index contributed by atoms with van der Waals surface area (Å²) in [5, 5.41) is 11.1. The second-order valence-corrected chi connectivity index (χ2v) is 6.74. The van der Waals surface area contributed by atoms with Crippen molar-refractivity contribution in [3.63, 3.8) is 0 Å². The van der Waals surface area contributed by atoms with Gasteiger partial charge in [-0.3, -0.25) is 9.48 Å². The smallest absolute Gasteiger partial charge is 0.229 e. The number of hydrogen-bond acceptors (Lipinski definition) is 6. The lowest BCUT2D eigenvalue weighted by atomic mass is 10.1. The minimum atomic E-state index is -0.00892. The third-order valence-electron chi connectivity index (χ3n) is 4.06. The predicted octanol–water partition coefficient (Wildman–Crippen LogP) is 3.83. The Morgan fingerprint density at radius 3 is 2.86 bits per heavy atom. The number of ketones is 1. The highest BCUT2D eigenvalue weighted by Crippen LogP contribution is 2.23. The van der Waals surface area contributed by atoms with E-state index in [-0.39, 0.29) is 5.78 Å². The Labute approximate surface area is 168 Å². The standard InChI is InChI=1S/C20H21ClN6O/c1-4-16(28)9-14-6-5-7-15(8-14)10-22-19-17(21)11-23-20(25-19)24-18-12-27(3)26-13(18)2/h4-8,11-12H,1,9-10H2,2-3H3,(H2,22,23,24,25). The molecule has 28 heavy (non-hydrogen) atoms. The van der Waals surface area contributed by atoms with Crippen molar-refractivity contribution in [2.45, 2.75) is 19.9 Å². The van der Waals surface area contributed by atoms with Crippen LogP contribution >= 0.6 is 11.6 Å². The van der Waals surface area contributed by atoms with Gasteiger partial charge in [0.15, 0.2) is 11.6 Å². The number of benzene rings is 1. The van der Waals surface area contributed by atoms with Crippen molar-refractivity contribution in [3.05, 3.63) is 71.2 Å². The summed E-state index contributed by atoms with van der Waals surface area (Å²) in [4.78, 5) is 20.2. The molecular weight excluding hydrogens is 376 g/mol. The fourth-order valence-electron chi connectivity index (χ4n) is 2.70. The molecule has 0 aliphatic heterocycles. The molecule has 144 valence electrons. The van der Waals surface area contributed by atoms with Crippen LogP contribution in [0.4, 0.5) is 17.5 Å². The highest BCUT2D eigenvalue weighted by molar-refractivity contribution is 6.32. The van der Waals surface area contributed by atoms with Crippen LogP contribution in [0, 0.1) is 6.92 Å². The van der Waals surface area contributed by atoms with Crippen LogP contribution < -0.4 is 10.6 Å². The zero-order valence-corrected chi connectivity index (χ0v) is 16.5. The quantitative estimate of drug-likeness (QED) is 0.563. The van der Waals surface area contributed by atoms with E-state index in [1.54, 1.807) is 10.9 Å². The molecule has 2 N–H and O–H groups in total. The zero-order chi connectivity index (χ0) is 20.1. The predicted molar refractivity (Wildman–Crippen MR) is 111 cm³/mol. The first-order chi connectivity index (χ1) is 13.4. The van der Waals surface area contributed by atoms with Gasteiger partial charge >= 0.3 is 0 Å². The Bertz CT molecular complexity index is 1010. The topological polar surface area (TPSA) is 84.7 Å². The molecule has 2 heterocycles. The summed E-state index contributed by atoms with van der Waals surface area (Å²) in [5.41, 5.74) is 3.63. The number of rotatable bonds is 8. The van der Waals surface area contributed by atoms with Crippen molar-refractivity contribution in [1.29, 1.82) is 0 Å². The Morgan fingerprint density at radius 1 is 1.36 bits per heavy atom. The summed E-state index contributed by atoms with van der Waals surface area (Å²) in [5.74, 6) is 0.937. The fourth-order valence-corrected chi connectivity index (χ4v) is 2.86. The van der Waals surface area contributed by atoms with Crippen LogP contribution in [0.25, 0.3) is 0 Å². The van der Waals surface area contributed by atoms with Gasteiger partial charge in [-0.05, 0) is 24.1 Å². The van der Waals surface area contributed by atoms with Crippen molar-refractivity contribution in [3.8, 4) is 0 Å². The number of nitrogens with one attached hydrogen (secondary N) is 2. The lowest BCUT2D eigenvalue weighted by Crippen LogP contribution is -2.06. The number of nitrogens with zero attached hydrogens (tertiary/aromatic N) is 4. The van der Waals surface area contributed by atoms with Gasteiger partial charge in [0.1, 0.15) is 5.02 Å². The summed E-state index contributed by atoms with van der Waals surface area (Å²) in [6.45, 7) is 5.92. The molecule has 0 bridgehead atoms. The Kier molecular flexibility index (Phi) is 6.06. The highest BCUT2D eigenvalue weighted by Gasteiger charge is 2.09. The highest BCUT2D eigenvalue weighted by atomic mass is 35.5. The molecule has 3 aromatic rings. The summed E-state index contributed by atoms with van der Waals surface area (Å²) in [6, 6.07) is 7.78. The van der Waals surface area contributed by atoms with Gasteiger partial charge in [0.2, 0.25) is 5.95 Å². The number of hydrogen-bond donors (Lipinski definition) is 2. The number of carbonyl (C=O) groups excluding carboxylic acids is 1. The van der Waals surface area contributed by atoms with Crippen molar-refractivity contribution < 1.29 is 4.79 Å². The molecule has 0 fully saturated rings. The number of aromatic nitrogens is 4. The van der Waals surface area contributed by atoms with E-state index in [9.17, 15) is 4.79 Å². The second-order valence-electron chi connectivity index (χ2n) is 6.34. The maximum Gasteiger partial charge on any atom is 0.229 e. The first-order valence-corrected chi connectivity index (χ1v) is 9.09. The first-order valence-electron chi connectivity index (χ1n) is 8.71. The van der Waals surface area contributed by atoms with E-state index in [1.807, 2.05) is 44.4 Å². The Morgan fingerprint density at radius 2 is 2.14 bits per heavy atom. The molecular formula is C20H21ClN6O. The molecule has 8 heteroatoms. The van der Waals surface area contributed by atoms with E-state index in [0.29, 0.717) is 29.8 Å². The molecule has 3 rings (SSSR count). The minimum absolute atomic E-state index is 0.00892. The molecule has 7 nitrogen and oxygen atoms in total. The maximum absolute atomic E-state index is 11.5. The van der Waals surface area contributed by atoms with E-state index in [1.165, 1.54) is 6.08 Å². The molecule has 2 aromatic heterocycles. The van der Waals surface area contributed by atoms with E-state index in [4.69, 9.17) is 11.6 Å². The van der Waals surface area contributed by atoms with E-state index in [2.05, 4.69) is 32.3 Å². The second kappa shape index (κ2) is 8.67. The third kappa shape index (κ3) is 4.95. The van der Waals surface area contributed by atoms with Crippen LogP contribution in [0.1, 0.15) is 16.8 Å². The van der Waals surface area contributed by atoms with E-state index < -0.39 is 0 Å². The van der Waals surface area contributed by atoms with Crippen molar-refractivity contribution in [1.82, 2.24) is 19.7 Å². The average Bonchev–Trinajstić information content (AvgIpc) is 2.99. The summed E-state index contributed by atoms with van der Waals surface area (Å²) >= 11 is 6.23. The van der Waals surface area contributed by atoms with Gasteiger partial charge in [0.05, 0.1) is 17.6 Å². The number of allylic oxidation sites excluding steroid dienone is 1. The summed E-state index contributed by atoms with van der Waals surface area (Å²) in [7, 11) is 1.85. The van der Waals surface area contributed by atoms with Crippen LogP contribution in [0.15, 0.2) is 49.3 Å². The van der Waals surface area contributed by atoms with E-state index in [0.717, 1.165) is 22.5 Å². The molecule has 0 unspecified atom stereocenters. The van der Waals surface area contributed by atoms with Gasteiger partial charge in [-0.1, -0.05) is 42.4 Å². The SMILES string of the molecule is C=CC(=O)Cc1cccc(CNc2nc(Nc3cn(C)nc3C)ncc2Cl)c1. The van der Waals surface area contributed by atoms with Gasteiger partial charge in [-0.25, -0.2) is 4.98 Å². The van der Waals surface area contributed by atoms with Crippen LogP contribution in [0.3, 0.4) is 0 Å². The molecule has 0 aliphatic carbocycles. The molecule has 0 radical (unpaired) electrons. The van der Waals surface area contributed by atoms with E-state index >= 15 is 0 Å². The maximum atomic E-state index is 11.5. The largest absolute Gasteiger partial charge is 0.365 e. The monoisotopic (exact) mass is 396 g/mol. The minimum Gasteiger partial charge on any atom is -0.365 e. The number of halogens is 1. The molecule has 0 spiro atoms. The molecule has 0 atom stereocenters. The van der Waals surface area contributed by atoms with Crippen LogP contribution in [-0.2, 0) is 24.8 Å². The van der Waals surface area contributed by atoms with Gasteiger partial charge in [0.25, 0.3) is 0 Å². The summed E-state index contributed by atoms with van der Waals surface area (Å²) < 4.78 is 1.72. The molecule has 1 aromatic carbocycles. The van der Waals surface area contributed by atoms with Crippen LogP contribution in [0.5, 0.6) is 0 Å².